The second kappa shape index (κ2) is 5.27. The molecule has 4 aromatic rings. The third kappa shape index (κ3) is 2.06. The number of nitrogens with one attached hydrogen (secondary N) is 1. The lowest BCUT2D eigenvalue weighted by molar-refractivity contribution is 0.0984. The molecule has 0 fully saturated rings. The first kappa shape index (κ1) is 13.9. The first-order valence-corrected chi connectivity index (χ1v) is 8.06. The monoisotopic (exact) mass is 330 g/mol. The minimum Gasteiger partial charge on any atom is -0.308 e. The summed E-state index contributed by atoms with van der Waals surface area (Å²) in [6.07, 6.45) is 0. The molecule has 2 aromatic carbocycles. The summed E-state index contributed by atoms with van der Waals surface area (Å²) in [5, 5.41) is 10.8. The summed E-state index contributed by atoms with van der Waals surface area (Å²) < 4.78 is 2.06. The highest BCUT2D eigenvalue weighted by Crippen LogP contribution is 2.29. The molecule has 2 aromatic heterocycles. The van der Waals surface area contributed by atoms with E-state index in [1.165, 1.54) is 0 Å². The molecule has 0 radical (unpaired) electrons. The van der Waals surface area contributed by atoms with Crippen LogP contribution in [0.4, 0.5) is 5.95 Å². The van der Waals surface area contributed by atoms with E-state index in [0.29, 0.717) is 23.9 Å². The zero-order valence-electron chi connectivity index (χ0n) is 13.3. The van der Waals surface area contributed by atoms with Crippen LogP contribution >= 0.6 is 0 Å². The quantitative estimate of drug-likeness (QED) is 0.612. The second-order valence-corrected chi connectivity index (χ2v) is 5.90. The smallest absolute Gasteiger partial charge is 0.283 e. The van der Waals surface area contributed by atoms with E-state index in [4.69, 9.17) is 0 Å². The van der Waals surface area contributed by atoms with Gasteiger partial charge < -0.3 is 4.57 Å². The molecule has 0 unspecified atom stereocenters. The molecule has 5 rings (SSSR count). The van der Waals surface area contributed by atoms with Gasteiger partial charge in [0.25, 0.3) is 5.91 Å². The van der Waals surface area contributed by atoms with Gasteiger partial charge in [0, 0.05) is 18.7 Å². The van der Waals surface area contributed by atoms with Gasteiger partial charge in [-0.25, -0.2) is 4.98 Å². The van der Waals surface area contributed by atoms with Gasteiger partial charge in [0.1, 0.15) is 5.69 Å². The summed E-state index contributed by atoms with van der Waals surface area (Å²) >= 11 is 0. The molecule has 1 aliphatic heterocycles. The van der Waals surface area contributed by atoms with Gasteiger partial charge in [-0.15, -0.1) is 0 Å². The molecule has 0 saturated carbocycles. The fraction of sp³-hybridized carbons (Fsp3) is 0.111. The molecule has 1 aliphatic rings. The molecule has 0 bridgehead atoms. The van der Waals surface area contributed by atoms with Crippen LogP contribution in [0.5, 0.6) is 0 Å². The van der Waals surface area contributed by atoms with Crippen LogP contribution in [0.3, 0.4) is 0 Å². The van der Waals surface area contributed by atoms with Crippen LogP contribution < -0.4 is 4.90 Å². The van der Waals surface area contributed by atoms with E-state index in [1.54, 1.807) is 4.90 Å². The van der Waals surface area contributed by atoms with Crippen LogP contribution in [-0.4, -0.2) is 37.4 Å². The van der Waals surface area contributed by atoms with Crippen LogP contribution in [-0.2, 0) is 6.54 Å². The molecule has 1 amide bonds. The number of amides is 1. The predicted octanol–water partition coefficient (Wildman–Crippen LogP) is 2.48. The topological polar surface area (TPSA) is 79.7 Å². The molecular weight excluding hydrogens is 316 g/mol. The van der Waals surface area contributed by atoms with E-state index >= 15 is 0 Å². The number of fused-ring (bicyclic) bond motifs is 3. The van der Waals surface area contributed by atoms with Gasteiger partial charge in [0.15, 0.2) is 5.69 Å². The Hall–Kier alpha value is -3.48. The molecule has 7 heteroatoms. The SMILES string of the molecule is O=C(c1n[nH]nc1-c1ccccc1)N1CCn2c1nc1ccccc12. The van der Waals surface area contributed by atoms with Crippen molar-refractivity contribution in [2.45, 2.75) is 6.54 Å². The Kier molecular flexibility index (Phi) is 2.93. The number of rotatable bonds is 2. The van der Waals surface area contributed by atoms with Crippen LogP contribution in [0.2, 0.25) is 0 Å². The van der Waals surface area contributed by atoms with Gasteiger partial charge >= 0.3 is 0 Å². The van der Waals surface area contributed by atoms with E-state index in [9.17, 15) is 4.79 Å². The highest BCUT2D eigenvalue weighted by molar-refractivity contribution is 6.08. The van der Waals surface area contributed by atoms with E-state index in [0.717, 1.165) is 23.1 Å². The molecule has 0 saturated heterocycles. The van der Waals surface area contributed by atoms with Gasteiger partial charge in [-0.3, -0.25) is 9.69 Å². The highest BCUT2D eigenvalue weighted by atomic mass is 16.2. The number of carbonyl (C=O) groups excluding carboxylic acids is 1. The predicted molar refractivity (Wildman–Crippen MR) is 93.2 cm³/mol. The van der Waals surface area contributed by atoms with Crippen molar-refractivity contribution >= 4 is 22.9 Å². The van der Waals surface area contributed by atoms with Crippen molar-refractivity contribution in [2.24, 2.45) is 0 Å². The van der Waals surface area contributed by atoms with Gasteiger partial charge in [-0.05, 0) is 12.1 Å². The van der Waals surface area contributed by atoms with Crippen molar-refractivity contribution in [1.82, 2.24) is 25.0 Å². The zero-order valence-corrected chi connectivity index (χ0v) is 13.3. The fourth-order valence-corrected chi connectivity index (χ4v) is 3.29. The number of imidazole rings is 1. The number of hydrogen-bond donors (Lipinski definition) is 1. The van der Waals surface area contributed by atoms with Crippen molar-refractivity contribution in [3.8, 4) is 11.3 Å². The molecule has 7 nitrogen and oxygen atoms in total. The van der Waals surface area contributed by atoms with Crippen molar-refractivity contribution < 1.29 is 4.79 Å². The van der Waals surface area contributed by atoms with Gasteiger partial charge in [0.05, 0.1) is 11.0 Å². The standard InChI is InChI=1S/C18H14N6O/c25-17(16-15(20-22-21-16)12-6-2-1-3-7-12)24-11-10-23-14-9-5-4-8-13(14)19-18(23)24/h1-9H,10-11H2,(H,20,21,22). The van der Waals surface area contributed by atoms with Gasteiger partial charge in [0.2, 0.25) is 5.95 Å². The Balaban J connectivity index is 1.57. The van der Waals surface area contributed by atoms with E-state index < -0.39 is 0 Å². The molecule has 0 spiro atoms. The van der Waals surface area contributed by atoms with Crippen LogP contribution in [0.1, 0.15) is 10.5 Å². The molecule has 25 heavy (non-hydrogen) atoms. The van der Waals surface area contributed by atoms with Gasteiger partial charge in [-0.1, -0.05) is 42.5 Å². The lowest BCUT2D eigenvalue weighted by Gasteiger charge is -2.12. The van der Waals surface area contributed by atoms with Gasteiger partial charge in [-0.2, -0.15) is 15.4 Å². The average Bonchev–Trinajstić information content (AvgIpc) is 3.36. The Bertz CT molecular complexity index is 1080. The lowest BCUT2D eigenvalue weighted by Crippen LogP contribution is -2.30. The number of nitrogens with zero attached hydrogens (tertiary/aromatic N) is 5. The number of anilines is 1. The molecule has 3 heterocycles. The van der Waals surface area contributed by atoms with Crippen LogP contribution in [0.25, 0.3) is 22.3 Å². The van der Waals surface area contributed by atoms with E-state index in [2.05, 4.69) is 25.0 Å². The summed E-state index contributed by atoms with van der Waals surface area (Å²) in [6.45, 7) is 1.30. The van der Waals surface area contributed by atoms with Crippen LogP contribution in [0.15, 0.2) is 54.6 Å². The third-order valence-electron chi connectivity index (χ3n) is 4.47. The number of carbonyl (C=O) groups is 1. The number of H-pyrrole nitrogens is 1. The fourth-order valence-electron chi connectivity index (χ4n) is 3.29. The van der Waals surface area contributed by atoms with Crippen molar-refractivity contribution in [3.05, 3.63) is 60.3 Å². The van der Waals surface area contributed by atoms with Crippen molar-refractivity contribution in [1.29, 1.82) is 0 Å². The maximum Gasteiger partial charge on any atom is 0.283 e. The number of aromatic nitrogens is 5. The first-order valence-electron chi connectivity index (χ1n) is 8.06. The largest absolute Gasteiger partial charge is 0.308 e. The van der Waals surface area contributed by atoms with E-state index in [-0.39, 0.29) is 5.91 Å². The third-order valence-corrected chi connectivity index (χ3v) is 4.47. The summed E-state index contributed by atoms with van der Waals surface area (Å²) in [5.41, 5.74) is 3.65. The maximum atomic E-state index is 13.1. The Labute approximate surface area is 142 Å². The zero-order chi connectivity index (χ0) is 16.8. The maximum absolute atomic E-state index is 13.1. The van der Waals surface area contributed by atoms with Crippen molar-refractivity contribution in [2.75, 3.05) is 11.4 Å². The second-order valence-electron chi connectivity index (χ2n) is 5.90. The number of benzene rings is 2. The number of aromatic amines is 1. The molecular formula is C18H14N6O. The Morgan fingerprint density at radius 1 is 0.960 bits per heavy atom. The highest BCUT2D eigenvalue weighted by Gasteiger charge is 2.32. The number of para-hydroxylation sites is 2. The first-order chi connectivity index (χ1) is 12.3. The Morgan fingerprint density at radius 3 is 2.64 bits per heavy atom. The Morgan fingerprint density at radius 2 is 1.76 bits per heavy atom. The summed E-state index contributed by atoms with van der Waals surface area (Å²) in [7, 11) is 0. The minimum atomic E-state index is -0.193. The normalized spacial score (nSPS) is 13.4. The molecule has 1 N–H and O–H groups in total. The molecule has 0 aliphatic carbocycles. The van der Waals surface area contributed by atoms with E-state index in [1.807, 2.05) is 54.6 Å². The molecule has 122 valence electrons. The average molecular weight is 330 g/mol. The van der Waals surface area contributed by atoms with Crippen LogP contribution in [0, 0.1) is 0 Å². The lowest BCUT2D eigenvalue weighted by atomic mass is 10.1. The molecule has 0 atom stereocenters. The number of hydrogen-bond acceptors (Lipinski definition) is 4. The minimum absolute atomic E-state index is 0.193. The van der Waals surface area contributed by atoms with Crippen molar-refractivity contribution in [3.63, 3.8) is 0 Å². The summed E-state index contributed by atoms with van der Waals surface area (Å²) in [5.74, 6) is 0.467. The summed E-state index contributed by atoms with van der Waals surface area (Å²) in [6, 6.07) is 17.5. The summed E-state index contributed by atoms with van der Waals surface area (Å²) in [4.78, 5) is 19.4.